The van der Waals surface area contributed by atoms with E-state index in [1.165, 1.54) is 41.4 Å². The van der Waals surface area contributed by atoms with Crippen LogP contribution >= 0.6 is 11.8 Å². The fraction of sp³-hybridized carbons (Fsp3) is 0.421. The predicted octanol–water partition coefficient (Wildman–Crippen LogP) is 5.61. The van der Waals surface area contributed by atoms with E-state index in [9.17, 15) is 4.79 Å². The third-order valence-corrected chi connectivity index (χ3v) is 5.47. The van der Waals surface area contributed by atoms with Crippen molar-refractivity contribution in [2.24, 2.45) is 0 Å². The fourth-order valence-corrected chi connectivity index (χ4v) is 4.32. The Morgan fingerprint density at radius 1 is 0.905 bits per heavy atom. The lowest BCUT2D eigenvalue weighted by molar-refractivity contribution is -0.119. The van der Waals surface area contributed by atoms with Gasteiger partial charge in [0.1, 0.15) is 5.78 Å². The Kier molecular flexibility index (Phi) is 4.97. The molecule has 1 fully saturated rings. The molecule has 1 aliphatic rings. The highest BCUT2D eigenvalue weighted by Crippen LogP contribution is 2.32. The van der Waals surface area contributed by atoms with Gasteiger partial charge in [0.05, 0.1) is 0 Å². The van der Waals surface area contributed by atoms with Gasteiger partial charge in [-0.25, -0.2) is 0 Å². The van der Waals surface area contributed by atoms with Gasteiger partial charge in [0.2, 0.25) is 0 Å². The van der Waals surface area contributed by atoms with Crippen LogP contribution in [-0.2, 0) is 4.79 Å². The maximum absolute atomic E-state index is 12.0. The molecule has 0 aliphatic heterocycles. The van der Waals surface area contributed by atoms with Gasteiger partial charge < -0.3 is 0 Å². The van der Waals surface area contributed by atoms with Crippen LogP contribution in [0.4, 0.5) is 0 Å². The molecule has 2 aromatic rings. The highest BCUT2D eigenvalue weighted by Gasteiger charge is 2.17. The number of thioether (sulfide) groups is 1. The van der Waals surface area contributed by atoms with Crippen molar-refractivity contribution in [3.63, 3.8) is 0 Å². The molecule has 0 unspecified atom stereocenters. The zero-order valence-corrected chi connectivity index (χ0v) is 13.2. The number of carbonyl (C=O) groups excluding carboxylic acids is 1. The number of rotatable bonds is 2. The highest BCUT2D eigenvalue weighted by molar-refractivity contribution is 8.00. The minimum absolute atomic E-state index is 0.454. The molecule has 21 heavy (non-hydrogen) atoms. The van der Waals surface area contributed by atoms with Crippen LogP contribution in [0, 0.1) is 0 Å². The fourth-order valence-electron chi connectivity index (χ4n) is 3.04. The van der Waals surface area contributed by atoms with Gasteiger partial charge >= 0.3 is 0 Å². The molecule has 0 saturated heterocycles. The van der Waals surface area contributed by atoms with Crippen LogP contribution in [0.5, 0.6) is 0 Å². The van der Waals surface area contributed by atoms with Gasteiger partial charge in [-0.15, -0.1) is 11.8 Å². The van der Waals surface area contributed by atoms with Crippen LogP contribution < -0.4 is 0 Å². The van der Waals surface area contributed by atoms with Crippen molar-refractivity contribution < 1.29 is 4.79 Å². The SMILES string of the molecule is O=C1CCCCCC[C@@H](Sc2ccc3ccccc3c2)C1. The summed E-state index contributed by atoms with van der Waals surface area (Å²) in [6, 6.07) is 15.1. The van der Waals surface area contributed by atoms with E-state index in [1.54, 1.807) is 0 Å². The van der Waals surface area contributed by atoms with E-state index in [1.807, 2.05) is 11.8 Å². The first-order chi connectivity index (χ1) is 10.3. The quantitative estimate of drug-likeness (QED) is 0.716. The van der Waals surface area contributed by atoms with Gasteiger partial charge in [0.15, 0.2) is 0 Å². The molecule has 1 aliphatic carbocycles. The minimum atomic E-state index is 0.454. The van der Waals surface area contributed by atoms with Gasteiger partial charge in [0.25, 0.3) is 0 Å². The summed E-state index contributed by atoms with van der Waals surface area (Å²) < 4.78 is 0. The Bertz CT molecular complexity index is 620. The molecule has 1 saturated carbocycles. The lowest BCUT2D eigenvalue weighted by Crippen LogP contribution is -2.09. The summed E-state index contributed by atoms with van der Waals surface area (Å²) in [4.78, 5) is 13.3. The van der Waals surface area contributed by atoms with Gasteiger partial charge in [-0.3, -0.25) is 4.79 Å². The Morgan fingerprint density at radius 2 is 1.71 bits per heavy atom. The summed E-state index contributed by atoms with van der Waals surface area (Å²) in [5.41, 5.74) is 0. The normalized spacial score (nSPS) is 20.8. The average molecular weight is 298 g/mol. The van der Waals surface area contributed by atoms with Gasteiger partial charge in [-0.2, -0.15) is 0 Å². The maximum Gasteiger partial charge on any atom is 0.134 e. The van der Waals surface area contributed by atoms with Crippen molar-refractivity contribution in [2.75, 3.05) is 0 Å². The van der Waals surface area contributed by atoms with E-state index in [2.05, 4.69) is 42.5 Å². The summed E-state index contributed by atoms with van der Waals surface area (Å²) in [6.45, 7) is 0. The van der Waals surface area contributed by atoms with Gasteiger partial charge in [-0.05, 0) is 35.7 Å². The maximum atomic E-state index is 12.0. The van der Waals surface area contributed by atoms with Crippen molar-refractivity contribution in [3.8, 4) is 0 Å². The number of hydrogen-bond donors (Lipinski definition) is 0. The van der Waals surface area contributed by atoms with E-state index in [4.69, 9.17) is 0 Å². The smallest absolute Gasteiger partial charge is 0.134 e. The van der Waals surface area contributed by atoms with Crippen LogP contribution in [0.1, 0.15) is 44.9 Å². The summed E-state index contributed by atoms with van der Waals surface area (Å²) >= 11 is 1.89. The molecule has 1 nitrogen and oxygen atoms in total. The molecular formula is C19H22OS. The number of Topliss-reactive ketones (excluding diaryl/α,β-unsaturated/α-hetero) is 1. The molecular weight excluding hydrogens is 276 g/mol. The van der Waals surface area contributed by atoms with E-state index in [-0.39, 0.29) is 0 Å². The standard InChI is InChI=1S/C19H22OS/c20-17-9-3-1-2-4-10-18(14-17)21-19-12-11-15-7-5-6-8-16(15)13-19/h5-8,11-13,18H,1-4,9-10,14H2/t18-/m1/s1. The molecule has 0 amide bonds. The number of fused-ring (bicyclic) bond motifs is 1. The first-order valence-corrected chi connectivity index (χ1v) is 8.86. The second-order valence-electron chi connectivity index (χ2n) is 5.94. The molecule has 0 bridgehead atoms. The van der Waals surface area contributed by atoms with Crippen molar-refractivity contribution >= 4 is 28.3 Å². The van der Waals surface area contributed by atoms with E-state index in [0.717, 1.165) is 19.3 Å². The molecule has 0 spiro atoms. The summed E-state index contributed by atoms with van der Waals surface area (Å²) in [7, 11) is 0. The number of carbonyl (C=O) groups is 1. The van der Waals surface area contributed by atoms with Crippen molar-refractivity contribution in [1.29, 1.82) is 0 Å². The molecule has 0 N–H and O–H groups in total. The minimum Gasteiger partial charge on any atom is -0.300 e. The average Bonchev–Trinajstić information content (AvgIpc) is 2.59. The molecule has 2 heteroatoms. The summed E-state index contributed by atoms with van der Waals surface area (Å²) in [6.07, 6.45) is 7.56. The Labute approximate surface area is 131 Å². The number of benzene rings is 2. The molecule has 0 aromatic heterocycles. The highest BCUT2D eigenvalue weighted by atomic mass is 32.2. The second kappa shape index (κ2) is 7.13. The summed E-state index contributed by atoms with van der Waals surface area (Å²) in [5.74, 6) is 0.454. The van der Waals surface area contributed by atoms with Crippen LogP contribution in [0.2, 0.25) is 0 Å². The molecule has 2 aromatic carbocycles. The van der Waals surface area contributed by atoms with Crippen molar-refractivity contribution in [3.05, 3.63) is 42.5 Å². The first-order valence-electron chi connectivity index (χ1n) is 7.98. The van der Waals surface area contributed by atoms with Gasteiger partial charge in [-0.1, -0.05) is 49.6 Å². The van der Waals surface area contributed by atoms with Crippen molar-refractivity contribution in [1.82, 2.24) is 0 Å². The molecule has 110 valence electrons. The number of ketones is 1. The van der Waals surface area contributed by atoms with E-state index in [0.29, 0.717) is 11.0 Å². The molecule has 0 radical (unpaired) electrons. The van der Waals surface area contributed by atoms with Gasteiger partial charge in [0, 0.05) is 23.0 Å². The van der Waals surface area contributed by atoms with Crippen LogP contribution in [0.15, 0.2) is 47.4 Å². The lowest BCUT2D eigenvalue weighted by atomic mass is 10.1. The molecule has 1 atom stereocenters. The monoisotopic (exact) mass is 298 g/mol. The largest absolute Gasteiger partial charge is 0.300 e. The molecule has 0 heterocycles. The van der Waals surface area contributed by atoms with Crippen molar-refractivity contribution in [2.45, 2.75) is 55.1 Å². The lowest BCUT2D eigenvalue weighted by Gasteiger charge is -2.15. The Hall–Kier alpha value is -1.28. The van der Waals surface area contributed by atoms with Crippen LogP contribution in [-0.4, -0.2) is 11.0 Å². The zero-order chi connectivity index (χ0) is 14.5. The van der Waals surface area contributed by atoms with E-state index < -0.39 is 0 Å². The zero-order valence-electron chi connectivity index (χ0n) is 12.4. The Balaban J connectivity index is 1.74. The predicted molar refractivity (Wildman–Crippen MR) is 90.9 cm³/mol. The first kappa shape index (κ1) is 14.6. The third-order valence-electron chi connectivity index (χ3n) is 4.21. The number of hydrogen-bond acceptors (Lipinski definition) is 2. The second-order valence-corrected chi connectivity index (χ2v) is 7.32. The van der Waals surface area contributed by atoms with Crippen LogP contribution in [0.3, 0.4) is 0 Å². The molecule has 3 rings (SSSR count). The van der Waals surface area contributed by atoms with E-state index >= 15 is 0 Å². The Morgan fingerprint density at radius 3 is 2.62 bits per heavy atom. The third kappa shape index (κ3) is 4.10. The topological polar surface area (TPSA) is 17.1 Å². The van der Waals surface area contributed by atoms with Crippen LogP contribution in [0.25, 0.3) is 10.8 Å². The summed E-state index contributed by atoms with van der Waals surface area (Å²) in [5, 5.41) is 3.03.